The van der Waals surface area contributed by atoms with Crippen LogP contribution in [0, 0.1) is 21.8 Å². The molecule has 1 saturated heterocycles. The molecular formula is C14H20FN3O2. The van der Waals surface area contributed by atoms with Crippen LogP contribution < -0.4 is 5.32 Å². The first-order chi connectivity index (χ1) is 9.54. The minimum absolute atomic E-state index is 0.223. The molecule has 0 unspecified atom stereocenters. The number of hydrogen-bond donors (Lipinski definition) is 1. The van der Waals surface area contributed by atoms with Gasteiger partial charge in [0.2, 0.25) is 0 Å². The molecule has 0 amide bonds. The summed E-state index contributed by atoms with van der Waals surface area (Å²) in [5, 5.41) is 13.7. The molecule has 20 heavy (non-hydrogen) atoms. The third-order valence-electron chi connectivity index (χ3n) is 3.73. The van der Waals surface area contributed by atoms with Gasteiger partial charge in [-0.1, -0.05) is 6.92 Å². The number of nitrogens with one attached hydrogen (secondary N) is 1. The second-order valence-corrected chi connectivity index (χ2v) is 5.41. The van der Waals surface area contributed by atoms with E-state index in [0.717, 1.165) is 31.6 Å². The number of nitrogens with zero attached hydrogens (tertiary/aromatic N) is 2. The first-order valence-electron chi connectivity index (χ1n) is 6.96. The van der Waals surface area contributed by atoms with Crippen LogP contribution in [0.3, 0.4) is 0 Å². The molecule has 1 aromatic rings. The summed E-state index contributed by atoms with van der Waals surface area (Å²) < 4.78 is 13.3. The van der Waals surface area contributed by atoms with Gasteiger partial charge in [0.05, 0.1) is 11.0 Å². The Morgan fingerprint density at radius 2 is 2.10 bits per heavy atom. The van der Waals surface area contributed by atoms with Crippen LogP contribution in [0.25, 0.3) is 0 Å². The van der Waals surface area contributed by atoms with Crippen LogP contribution in [0.2, 0.25) is 0 Å². The van der Waals surface area contributed by atoms with Gasteiger partial charge in [-0.3, -0.25) is 10.1 Å². The maximum Gasteiger partial charge on any atom is 0.274 e. The lowest BCUT2D eigenvalue weighted by Gasteiger charge is -2.30. The minimum Gasteiger partial charge on any atom is -0.383 e. The summed E-state index contributed by atoms with van der Waals surface area (Å²) in [6, 6.07) is 3.57. The van der Waals surface area contributed by atoms with Crippen molar-refractivity contribution in [3.8, 4) is 0 Å². The molecule has 0 saturated carbocycles. The van der Waals surface area contributed by atoms with Crippen molar-refractivity contribution in [2.45, 2.75) is 19.8 Å². The van der Waals surface area contributed by atoms with E-state index in [4.69, 9.17) is 0 Å². The lowest BCUT2D eigenvalue weighted by atomic mass is 9.99. The molecule has 6 heteroatoms. The summed E-state index contributed by atoms with van der Waals surface area (Å²) >= 11 is 0. The highest BCUT2D eigenvalue weighted by molar-refractivity contribution is 5.51. The molecule has 5 nitrogen and oxygen atoms in total. The molecule has 0 atom stereocenters. The first-order valence-corrected chi connectivity index (χ1v) is 6.96. The van der Waals surface area contributed by atoms with Crippen LogP contribution in [-0.4, -0.2) is 36.0 Å². The summed E-state index contributed by atoms with van der Waals surface area (Å²) in [6.07, 6.45) is 2.43. The standard InChI is InChI=1S/C14H20FN3O2/c1-11-2-5-17(6-3-11)7-4-16-13-8-12(15)9-14(10-13)18(19)20/h8-11,16H,2-7H2,1H3. The zero-order chi connectivity index (χ0) is 14.5. The topological polar surface area (TPSA) is 58.4 Å². The molecule has 2 rings (SSSR count). The van der Waals surface area contributed by atoms with Crippen molar-refractivity contribution >= 4 is 11.4 Å². The maximum atomic E-state index is 13.3. The van der Waals surface area contributed by atoms with Gasteiger partial charge in [-0.25, -0.2) is 4.39 Å². The molecule has 0 radical (unpaired) electrons. The molecule has 0 aliphatic carbocycles. The molecule has 1 aliphatic rings. The molecule has 1 N–H and O–H groups in total. The molecular weight excluding hydrogens is 261 g/mol. The van der Waals surface area contributed by atoms with Crippen molar-refractivity contribution in [2.75, 3.05) is 31.5 Å². The summed E-state index contributed by atoms with van der Waals surface area (Å²) in [4.78, 5) is 12.4. The van der Waals surface area contributed by atoms with Crippen molar-refractivity contribution in [1.82, 2.24) is 4.90 Å². The Morgan fingerprint density at radius 3 is 2.75 bits per heavy atom. The van der Waals surface area contributed by atoms with E-state index in [9.17, 15) is 14.5 Å². The van der Waals surface area contributed by atoms with Gasteiger partial charge in [0, 0.05) is 24.8 Å². The molecule has 0 aromatic heterocycles. The Morgan fingerprint density at radius 1 is 1.40 bits per heavy atom. The fourth-order valence-corrected chi connectivity index (χ4v) is 2.43. The third kappa shape index (κ3) is 4.16. The fraction of sp³-hybridized carbons (Fsp3) is 0.571. The molecule has 0 spiro atoms. The van der Waals surface area contributed by atoms with Crippen molar-refractivity contribution in [3.05, 3.63) is 34.1 Å². The Hall–Kier alpha value is -1.69. The number of anilines is 1. The van der Waals surface area contributed by atoms with E-state index in [1.54, 1.807) is 0 Å². The van der Waals surface area contributed by atoms with Crippen LogP contribution in [0.4, 0.5) is 15.8 Å². The molecule has 1 aromatic carbocycles. The van der Waals surface area contributed by atoms with Gasteiger partial charge in [-0.15, -0.1) is 0 Å². The molecule has 1 aliphatic heterocycles. The smallest absolute Gasteiger partial charge is 0.274 e. The number of piperidine rings is 1. The van der Waals surface area contributed by atoms with E-state index in [1.807, 2.05) is 0 Å². The number of likely N-dealkylation sites (tertiary alicyclic amines) is 1. The molecule has 0 bridgehead atoms. The van der Waals surface area contributed by atoms with E-state index in [-0.39, 0.29) is 5.69 Å². The van der Waals surface area contributed by atoms with Gasteiger partial charge in [-0.05, 0) is 37.9 Å². The van der Waals surface area contributed by atoms with E-state index in [0.29, 0.717) is 12.2 Å². The number of halogens is 1. The predicted molar refractivity (Wildman–Crippen MR) is 76.4 cm³/mol. The number of hydrogen-bond acceptors (Lipinski definition) is 4. The summed E-state index contributed by atoms with van der Waals surface area (Å²) in [6.45, 7) is 5.98. The van der Waals surface area contributed by atoms with Gasteiger partial charge in [0.15, 0.2) is 0 Å². The number of non-ortho nitro benzene ring substituents is 1. The molecule has 1 heterocycles. The normalized spacial score (nSPS) is 17.1. The Balaban J connectivity index is 1.83. The van der Waals surface area contributed by atoms with E-state index >= 15 is 0 Å². The lowest BCUT2D eigenvalue weighted by Crippen LogP contribution is -2.36. The number of nitro groups is 1. The van der Waals surface area contributed by atoms with Crippen molar-refractivity contribution in [2.24, 2.45) is 5.92 Å². The number of benzene rings is 1. The molecule has 1 fully saturated rings. The van der Waals surface area contributed by atoms with Gasteiger partial charge < -0.3 is 10.2 Å². The highest BCUT2D eigenvalue weighted by atomic mass is 19.1. The summed E-state index contributed by atoms with van der Waals surface area (Å²) in [7, 11) is 0. The Kier molecular flexibility index (Phi) is 4.89. The number of nitro benzene ring substituents is 1. The zero-order valence-corrected chi connectivity index (χ0v) is 11.6. The van der Waals surface area contributed by atoms with Crippen LogP contribution in [0.1, 0.15) is 19.8 Å². The second-order valence-electron chi connectivity index (χ2n) is 5.41. The van der Waals surface area contributed by atoms with Crippen LogP contribution in [0.15, 0.2) is 18.2 Å². The van der Waals surface area contributed by atoms with E-state index < -0.39 is 10.7 Å². The Labute approximate surface area is 117 Å². The quantitative estimate of drug-likeness (QED) is 0.666. The van der Waals surface area contributed by atoms with E-state index in [2.05, 4.69) is 17.1 Å². The third-order valence-corrected chi connectivity index (χ3v) is 3.73. The average Bonchev–Trinajstić information content (AvgIpc) is 2.40. The maximum absolute atomic E-state index is 13.3. The van der Waals surface area contributed by atoms with Crippen molar-refractivity contribution in [1.29, 1.82) is 0 Å². The predicted octanol–water partition coefficient (Wildman–Crippen LogP) is 2.88. The van der Waals surface area contributed by atoms with Gasteiger partial charge in [0.25, 0.3) is 5.69 Å². The first kappa shape index (κ1) is 14.7. The minimum atomic E-state index is -0.589. The zero-order valence-electron chi connectivity index (χ0n) is 11.6. The van der Waals surface area contributed by atoms with Gasteiger partial charge in [-0.2, -0.15) is 0 Å². The molecule has 110 valence electrons. The largest absolute Gasteiger partial charge is 0.383 e. The summed E-state index contributed by atoms with van der Waals surface area (Å²) in [5.41, 5.74) is 0.237. The summed E-state index contributed by atoms with van der Waals surface area (Å²) in [5.74, 6) is 0.207. The lowest BCUT2D eigenvalue weighted by molar-refractivity contribution is -0.385. The van der Waals surface area contributed by atoms with Crippen LogP contribution in [0.5, 0.6) is 0 Å². The Bertz CT molecular complexity index is 473. The highest BCUT2D eigenvalue weighted by Crippen LogP contribution is 2.20. The highest BCUT2D eigenvalue weighted by Gasteiger charge is 2.15. The van der Waals surface area contributed by atoms with Gasteiger partial charge in [0.1, 0.15) is 5.82 Å². The SMILES string of the molecule is CC1CCN(CCNc2cc(F)cc([N+](=O)[O-])c2)CC1. The van der Waals surface area contributed by atoms with Crippen LogP contribution in [-0.2, 0) is 0 Å². The van der Waals surface area contributed by atoms with Crippen LogP contribution >= 0.6 is 0 Å². The van der Waals surface area contributed by atoms with E-state index in [1.165, 1.54) is 25.0 Å². The second kappa shape index (κ2) is 6.65. The number of rotatable bonds is 5. The van der Waals surface area contributed by atoms with Gasteiger partial charge >= 0.3 is 0 Å². The average molecular weight is 281 g/mol. The monoisotopic (exact) mass is 281 g/mol. The van der Waals surface area contributed by atoms with Crippen molar-refractivity contribution in [3.63, 3.8) is 0 Å². The fourth-order valence-electron chi connectivity index (χ4n) is 2.43. The van der Waals surface area contributed by atoms with Crippen molar-refractivity contribution < 1.29 is 9.31 Å².